The predicted molar refractivity (Wildman–Crippen MR) is 71.7 cm³/mol. The maximum Gasteiger partial charge on any atom is 0.209 e. The lowest BCUT2D eigenvalue weighted by molar-refractivity contribution is 0.340. The Morgan fingerprint density at radius 1 is 1.35 bits per heavy atom. The van der Waals surface area contributed by atoms with Crippen molar-refractivity contribution in [1.82, 2.24) is 4.98 Å². The van der Waals surface area contributed by atoms with Gasteiger partial charge in [-0.05, 0) is 43.7 Å². The van der Waals surface area contributed by atoms with Gasteiger partial charge in [0, 0.05) is 17.3 Å². The number of aryl methyl sites for hydroxylation is 1. The molecule has 4 heteroatoms. The molecule has 0 fully saturated rings. The molecule has 0 N–H and O–H groups in total. The normalized spacial score (nSPS) is 10.9. The number of aliphatic imine (C=N–C) groups is 1. The maximum absolute atomic E-state index is 5.37. The Hall–Kier alpha value is -1.68. The summed E-state index contributed by atoms with van der Waals surface area (Å²) in [5.74, 6) is 0.884. The van der Waals surface area contributed by atoms with E-state index in [0.29, 0.717) is 6.61 Å². The summed E-state index contributed by atoms with van der Waals surface area (Å²) in [6.07, 6.45) is 3.64. The second-order valence-corrected chi connectivity index (χ2v) is 4.73. The van der Waals surface area contributed by atoms with Gasteiger partial charge in [0.05, 0.1) is 6.61 Å². The molecule has 0 amide bonds. The van der Waals surface area contributed by atoms with Crippen LogP contribution in [0.3, 0.4) is 0 Å². The lowest BCUT2D eigenvalue weighted by Crippen LogP contribution is -1.91. The van der Waals surface area contributed by atoms with Gasteiger partial charge in [-0.2, -0.15) is 0 Å². The molecule has 0 bridgehead atoms. The predicted octanol–water partition coefficient (Wildman–Crippen LogP) is 3.60. The van der Waals surface area contributed by atoms with Crippen molar-refractivity contribution in [2.45, 2.75) is 13.8 Å². The molecule has 0 atom stereocenters. The summed E-state index contributed by atoms with van der Waals surface area (Å²) in [6.45, 7) is 4.68. The summed E-state index contributed by atoms with van der Waals surface area (Å²) in [5, 5.41) is 0.788. The third kappa shape index (κ3) is 3.39. The van der Waals surface area contributed by atoms with Gasteiger partial charge in [-0.1, -0.05) is 0 Å². The molecule has 0 spiro atoms. The van der Waals surface area contributed by atoms with Gasteiger partial charge < -0.3 is 4.74 Å². The van der Waals surface area contributed by atoms with E-state index in [4.69, 9.17) is 4.74 Å². The van der Waals surface area contributed by atoms with Crippen LogP contribution in [0.5, 0.6) is 5.75 Å². The summed E-state index contributed by atoms with van der Waals surface area (Å²) in [5.41, 5.74) is 1.04. The first-order chi connectivity index (χ1) is 8.28. The molecule has 0 saturated carbocycles. The number of aromatic nitrogens is 1. The van der Waals surface area contributed by atoms with Crippen LogP contribution in [0, 0.1) is 6.92 Å². The van der Waals surface area contributed by atoms with E-state index in [-0.39, 0.29) is 0 Å². The molecule has 2 rings (SSSR count). The van der Waals surface area contributed by atoms with E-state index in [0.717, 1.165) is 16.4 Å². The number of rotatable bonds is 4. The summed E-state index contributed by atoms with van der Waals surface area (Å²) in [4.78, 5) is 9.66. The average Bonchev–Trinajstić information content (AvgIpc) is 2.75. The molecule has 0 saturated heterocycles. The molecule has 0 aliphatic carbocycles. The van der Waals surface area contributed by atoms with E-state index in [1.807, 2.05) is 50.5 Å². The van der Waals surface area contributed by atoms with E-state index >= 15 is 0 Å². The first kappa shape index (κ1) is 11.8. The molecule has 0 aliphatic rings. The zero-order valence-electron chi connectivity index (χ0n) is 9.88. The highest BCUT2D eigenvalue weighted by Crippen LogP contribution is 2.19. The van der Waals surface area contributed by atoms with Gasteiger partial charge in [-0.15, -0.1) is 11.3 Å². The Bertz CT molecular complexity index is 502. The van der Waals surface area contributed by atoms with E-state index in [1.54, 1.807) is 11.3 Å². The van der Waals surface area contributed by atoms with Gasteiger partial charge in [0.25, 0.3) is 0 Å². The molecule has 17 heavy (non-hydrogen) atoms. The Morgan fingerprint density at radius 2 is 2.12 bits per heavy atom. The summed E-state index contributed by atoms with van der Waals surface area (Å²) in [7, 11) is 0. The first-order valence-electron chi connectivity index (χ1n) is 5.47. The Labute approximate surface area is 105 Å². The van der Waals surface area contributed by atoms with Crippen LogP contribution >= 0.6 is 11.3 Å². The fraction of sp³-hybridized carbons (Fsp3) is 0.231. The third-order valence-electron chi connectivity index (χ3n) is 2.12. The summed E-state index contributed by atoms with van der Waals surface area (Å²) >= 11 is 1.58. The molecule has 88 valence electrons. The van der Waals surface area contributed by atoms with Crippen molar-refractivity contribution in [3.63, 3.8) is 0 Å². The van der Waals surface area contributed by atoms with Crippen molar-refractivity contribution in [1.29, 1.82) is 0 Å². The van der Waals surface area contributed by atoms with Crippen molar-refractivity contribution in [2.24, 2.45) is 4.99 Å². The van der Waals surface area contributed by atoms with Crippen LogP contribution in [0.4, 0.5) is 5.13 Å². The number of ether oxygens (including phenoxy) is 1. The van der Waals surface area contributed by atoms with Gasteiger partial charge in [-0.25, -0.2) is 9.98 Å². The molecule has 1 aromatic carbocycles. The van der Waals surface area contributed by atoms with Gasteiger partial charge in [0.15, 0.2) is 0 Å². The van der Waals surface area contributed by atoms with Gasteiger partial charge in [0.1, 0.15) is 5.75 Å². The van der Waals surface area contributed by atoms with E-state index < -0.39 is 0 Å². The van der Waals surface area contributed by atoms with Crippen molar-refractivity contribution < 1.29 is 4.74 Å². The van der Waals surface area contributed by atoms with Crippen LogP contribution in [-0.4, -0.2) is 17.8 Å². The van der Waals surface area contributed by atoms with Gasteiger partial charge in [-0.3, -0.25) is 0 Å². The van der Waals surface area contributed by atoms with E-state index in [1.165, 1.54) is 4.88 Å². The number of benzene rings is 1. The molecule has 0 aliphatic heterocycles. The zero-order valence-corrected chi connectivity index (χ0v) is 10.7. The smallest absolute Gasteiger partial charge is 0.209 e. The van der Waals surface area contributed by atoms with Crippen LogP contribution in [0.1, 0.15) is 17.4 Å². The minimum Gasteiger partial charge on any atom is -0.494 e. The largest absolute Gasteiger partial charge is 0.494 e. The standard InChI is InChI=1S/C13H14N2OS/c1-3-16-12-6-4-11(5-7-12)9-15-13-14-8-10(2)17-13/h4-9H,3H2,1-2H3/b15-9+. The summed E-state index contributed by atoms with van der Waals surface area (Å²) < 4.78 is 5.37. The molecule has 1 heterocycles. The average molecular weight is 246 g/mol. The second-order valence-electron chi connectivity index (χ2n) is 3.51. The Balaban J connectivity index is 2.05. The Kier molecular flexibility index (Phi) is 3.88. The topological polar surface area (TPSA) is 34.5 Å². The molecular formula is C13H14N2OS. The van der Waals surface area contributed by atoms with Gasteiger partial charge in [0.2, 0.25) is 5.13 Å². The zero-order chi connectivity index (χ0) is 12.1. The SMILES string of the molecule is CCOc1ccc(/C=N/c2ncc(C)s2)cc1. The van der Waals surface area contributed by atoms with Crippen LogP contribution < -0.4 is 4.74 Å². The van der Waals surface area contributed by atoms with Crippen molar-refractivity contribution in [3.05, 3.63) is 40.9 Å². The first-order valence-corrected chi connectivity index (χ1v) is 6.29. The molecular weight excluding hydrogens is 232 g/mol. The fourth-order valence-corrected chi connectivity index (χ4v) is 1.95. The Morgan fingerprint density at radius 3 is 2.71 bits per heavy atom. The molecule has 1 aromatic heterocycles. The number of nitrogens with zero attached hydrogens (tertiary/aromatic N) is 2. The minimum absolute atomic E-state index is 0.686. The third-order valence-corrected chi connectivity index (χ3v) is 2.95. The quantitative estimate of drug-likeness (QED) is 0.772. The highest BCUT2D eigenvalue weighted by atomic mass is 32.1. The molecule has 3 nitrogen and oxygen atoms in total. The van der Waals surface area contributed by atoms with Crippen LogP contribution in [0.15, 0.2) is 35.5 Å². The molecule has 0 radical (unpaired) electrons. The number of thiazole rings is 1. The van der Waals surface area contributed by atoms with Gasteiger partial charge >= 0.3 is 0 Å². The van der Waals surface area contributed by atoms with Crippen molar-refractivity contribution in [3.8, 4) is 5.75 Å². The number of hydrogen-bond acceptors (Lipinski definition) is 4. The number of hydrogen-bond donors (Lipinski definition) is 0. The van der Waals surface area contributed by atoms with E-state index in [9.17, 15) is 0 Å². The molecule has 0 unspecified atom stereocenters. The van der Waals surface area contributed by atoms with Crippen LogP contribution in [-0.2, 0) is 0 Å². The fourth-order valence-electron chi connectivity index (χ4n) is 1.35. The minimum atomic E-state index is 0.686. The monoisotopic (exact) mass is 246 g/mol. The second kappa shape index (κ2) is 5.59. The lowest BCUT2D eigenvalue weighted by Gasteiger charge is -2.01. The maximum atomic E-state index is 5.37. The highest BCUT2D eigenvalue weighted by molar-refractivity contribution is 7.15. The van der Waals surface area contributed by atoms with E-state index in [2.05, 4.69) is 9.98 Å². The van der Waals surface area contributed by atoms with Crippen molar-refractivity contribution in [2.75, 3.05) is 6.61 Å². The summed E-state index contributed by atoms with van der Waals surface area (Å²) in [6, 6.07) is 7.85. The van der Waals surface area contributed by atoms with Crippen molar-refractivity contribution >= 4 is 22.7 Å². The van der Waals surface area contributed by atoms with Crippen LogP contribution in [0.25, 0.3) is 0 Å². The highest BCUT2D eigenvalue weighted by Gasteiger charge is 1.95. The molecule has 2 aromatic rings. The van der Waals surface area contributed by atoms with Crippen LogP contribution in [0.2, 0.25) is 0 Å². The lowest BCUT2D eigenvalue weighted by atomic mass is 10.2.